The van der Waals surface area contributed by atoms with Gasteiger partial charge in [0, 0.05) is 12.6 Å². The molecule has 2 aromatic rings. The van der Waals surface area contributed by atoms with Crippen molar-refractivity contribution in [2.24, 2.45) is 0 Å². The molecule has 0 bridgehead atoms. The Hall–Kier alpha value is -1.40. The zero-order chi connectivity index (χ0) is 15.2. The van der Waals surface area contributed by atoms with Crippen molar-refractivity contribution in [3.63, 3.8) is 0 Å². The predicted octanol–water partition coefficient (Wildman–Crippen LogP) is 3.31. The fraction of sp³-hybridized carbons (Fsp3) is 0.467. The molecule has 1 heterocycles. The van der Waals surface area contributed by atoms with Crippen LogP contribution in [0.5, 0.6) is 5.75 Å². The first kappa shape index (κ1) is 16.0. The van der Waals surface area contributed by atoms with Crippen LogP contribution in [0.25, 0.3) is 0 Å². The van der Waals surface area contributed by atoms with Gasteiger partial charge in [-0.1, -0.05) is 13.0 Å². The summed E-state index contributed by atoms with van der Waals surface area (Å²) in [6.07, 6.45) is 1.56. The van der Waals surface area contributed by atoms with E-state index < -0.39 is 0 Å². The molecular formula is C15H21BrN4O. The van der Waals surface area contributed by atoms with Gasteiger partial charge in [0.1, 0.15) is 18.7 Å². The molecule has 0 saturated carbocycles. The molecule has 0 aliphatic rings. The summed E-state index contributed by atoms with van der Waals surface area (Å²) < 4.78 is 8.66. The third-order valence-electron chi connectivity index (χ3n) is 3.07. The number of hydrogen-bond donors (Lipinski definition) is 1. The highest BCUT2D eigenvalue weighted by Gasteiger charge is 2.09. The Morgan fingerprint density at radius 3 is 2.86 bits per heavy atom. The molecule has 0 aliphatic heterocycles. The number of nitrogens with zero attached hydrogens (tertiary/aromatic N) is 3. The van der Waals surface area contributed by atoms with E-state index >= 15 is 0 Å². The Morgan fingerprint density at radius 2 is 2.19 bits per heavy atom. The van der Waals surface area contributed by atoms with Crippen LogP contribution in [0, 0.1) is 0 Å². The van der Waals surface area contributed by atoms with E-state index in [9.17, 15) is 0 Å². The third-order valence-corrected chi connectivity index (χ3v) is 3.69. The molecule has 0 amide bonds. The third kappa shape index (κ3) is 4.28. The molecule has 1 aromatic heterocycles. The summed E-state index contributed by atoms with van der Waals surface area (Å²) in [5.74, 6) is 1.64. The Bertz CT molecular complexity index is 583. The number of hydrogen-bond acceptors (Lipinski definition) is 4. The lowest BCUT2D eigenvalue weighted by molar-refractivity contribution is 0.280. The highest BCUT2D eigenvalue weighted by atomic mass is 79.9. The van der Waals surface area contributed by atoms with Crippen molar-refractivity contribution < 1.29 is 4.74 Å². The van der Waals surface area contributed by atoms with Crippen LogP contribution in [-0.4, -0.2) is 21.3 Å². The molecule has 1 N–H and O–H groups in total. The first-order valence-corrected chi connectivity index (χ1v) is 7.91. The van der Waals surface area contributed by atoms with Crippen LogP contribution in [-0.2, 0) is 13.2 Å². The quantitative estimate of drug-likeness (QED) is 0.830. The smallest absolute Gasteiger partial charge is 0.165 e. The van der Waals surface area contributed by atoms with Gasteiger partial charge in [0.15, 0.2) is 5.82 Å². The zero-order valence-electron chi connectivity index (χ0n) is 12.6. The predicted molar refractivity (Wildman–Crippen MR) is 86.3 cm³/mol. The van der Waals surface area contributed by atoms with Crippen molar-refractivity contribution in [2.45, 2.75) is 40.0 Å². The summed E-state index contributed by atoms with van der Waals surface area (Å²) in [4.78, 5) is 4.24. The Balaban J connectivity index is 2.01. The van der Waals surface area contributed by atoms with E-state index in [-0.39, 0.29) is 6.04 Å². The van der Waals surface area contributed by atoms with Crippen LogP contribution in [0.4, 0.5) is 0 Å². The summed E-state index contributed by atoms with van der Waals surface area (Å²) in [6, 6.07) is 6.39. The number of nitrogens with one attached hydrogen (secondary N) is 1. The van der Waals surface area contributed by atoms with Gasteiger partial charge in [-0.3, -0.25) is 0 Å². The highest BCUT2D eigenvalue weighted by molar-refractivity contribution is 9.10. The number of ether oxygens (including phenoxy) is 1. The lowest BCUT2D eigenvalue weighted by Gasteiger charge is -2.12. The van der Waals surface area contributed by atoms with Crippen LogP contribution in [0.15, 0.2) is 29.0 Å². The first-order chi connectivity index (χ1) is 10.1. The van der Waals surface area contributed by atoms with Crippen LogP contribution >= 0.6 is 15.9 Å². The van der Waals surface area contributed by atoms with E-state index in [0.29, 0.717) is 6.61 Å². The Labute approximate surface area is 133 Å². The average molecular weight is 353 g/mol. The minimum Gasteiger partial charge on any atom is -0.484 e. The van der Waals surface area contributed by atoms with Crippen molar-refractivity contribution in [3.8, 4) is 5.75 Å². The second kappa shape index (κ2) is 7.56. The molecule has 114 valence electrons. The highest BCUT2D eigenvalue weighted by Crippen LogP contribution is 2.26. The minimum absolute atomic E-state index is 0.275. The first-order valence-electron chi connectivity index (χ1n) is 7.12. The van der Waals surface area contributed by atoms with Crippen molar-refractivity contribution in [1.29, 1.82) is 0 Å². The van der Waals surface area contributed by atoms with Gasteiger partial charge in [-0.25, -0.2) is 9.67 Å². The Kier molecular flexibility index (Phi) is 5.76. The van der Waals surface area contributed by atoms with E-state index in [1.54, 1.807) is 6.33 Å². The number of halogens is 1. The maximum Gasteiger partial charge on any atom is 0.165 e. The fourth-order valence-corrected chi connectivity index (χ4v) is 2.53. The van der Waals surface area contributed by atoms with Gasteiger partial charge in [-0.15, -0.1) is 0 Å². The van der Waals surface area contributed by atoms with Crippen molar-refractivity contribution in [1.82, 2.24) is 20.1 Å². The summed E-state index contributed by atoms with van der Waals surface area (Å²) >= 11 is 3.56. The van der Waals surface area contributed by atoms with Crippen LogP contribution < -0.4 is 10.1 Å². The minimum atomic E-state index is 0.275. The molecule has 0 fully saturated rings. The van der Waals surface area contributed by atoms with Gasteiger partial charge in [0.2, 0.25) is 0 Å². The van der Waals surface area contributed by atoms with E-state index in [1.807, 2.05) is 10.7 Å². The molecule has 2 rings (SSSR count). The number of aromatic nitrogens is 3. The second-order valence-electron chi connectivity index (χ2n) is 5.05. The van der Waals surface area contributed by atoms with Crippen LogP contribution in [0.3, 0.4) is 0 Å². The van der Waals surface area contributed by atoms with Gasteiger partial charge in [-0.2, -0.15) is 5.10 Å². The second-order valence-corrected chi connectivity index (χ2v) is 5.90. The Morgan fingerprint density at radius 1 is 1.38 bits per heavy atom. The SMILES string of the molecule is CCNCc1ccc(OCc2ncnn2C(C)C)c(Br)c1. The average Bonchev–Trinajstić information content (AvgIpc) is 2.92. The molecule has 6 heteroatoms. The van der Waals surface area contributed by atoms with E-state index in [0.717, 1.165) is 29.1 Å². The molecule has 5 nitrogen and oxygen atoms in total. The van der Waals surface area contributed by atoms with Crippen molar-refractivity contribution in [2.75, 3.05) is 6.54 Å². The number of rotatable bonds is 7. The summed E-state index contributed by atoms with van der Waals surface area (Å²) in [7, 11) is 0. The zero-order valence-corrected chi connectivity index (χ0v) is 14.2. The van der Waals surface area contributed by atoms with Crippen LogP contribution in [0.2, 0.25) is 0 Å². The molecule has 0 spiro atoms. The lowest BCUT2D eigenvalue weighted by Crippen LogP contribution is -2.12. The van der Waals surface area contributed by atoms with E-state index in [1.165, 1.54) is 5.56 Å². The molecule has 0 unspecified atom stereocenters. The van der Waals surface area contributed by atoms with Crippen molar-refractivity contribution >= 4 is 15.9 Å². The van der Waals surface area contributed by atoms with Gasteiger partial charge in [0.25, 0.3) is 0 Å². The maximum atomic E-state index is 5.84. The van der Waals surface area contributed by atoms with Gasteiger partial charge in [-0.05, 0) is 54.0 Å². The van der Waals surface area contributed by atoms with Gasteiger partial charge < -0.3 is 10.1 Å². The van der Waals surface area contributed by atoms with E-state index in [2.05, 4.69) is 64.2 Å². The standard InChI is InChI=1S/C15H21BrN4O/c1-4-17-8-12-5-6-14(13(16)7-12)21-9-15-18-10-19-20(15)11(2)3/h5-7,10-11,17H,4,8-9H2,1-3H3. The molecule has 0 aliphatic carbocycles. The van der Waals surface area contributed by atoms with Crippen molar-refractivity contribution in [3.05, 3.63) is 40.4 Å². The van der Waals surface area contributed by atoms with Gasteiger partial charge >= 0.3 is 0 Å². The topological polar surface area (TPSA) is 52.0 Å². The molecule has 0 atom stereocenters. The summed E-state index contributed by atoms with van der Waals surface area (Å²) in [6.45, 7) is 8.46. The number of benzene rings is 1. The van der Waals surface area contributed by atoms with E-state index in [4.69, 9.17) is 4.74 Å². The normalized spacial score (nSPS) is 11.1. The van der Waals surface area contributed by atoms with Gasteiger partial charge in [0.05, 0.1) is 4.47 Å². The maximum absolute atomic E-state index is 5.84. The molecule has 21 heavy (non-hydrogen) atoms. The fourth-order valence-electron chi connectivity index (χ4n) is 1.99. The molecule has 1 aromatic carbocycles. The molecule has 0 saturated heterocycles. The monoisotopic (exact) mass is 352 g/mol. The lowest BCUT2D eigenvalue weighted by atomic mass is 10.2. The summed E-state index contributed by atoms with van der Waals surface area (Å²) in [5.41, 5.74) is 1.22. The van der Waals surface area contributed by atoms with Crippen LogP contribution in [0.1, 0.15) is 38.2 Å². The largest absolute Gasteiger partial charge is 0.484 e. The molecular weight excluding hydrogens is 332 g/mol. The molecule has 0 radical (unpaired) electrons. The summed E-state index contributed by atoms with van der Waals surface area (Å²) in [5, 5.41) is 7.51.